The summed E-state index contributed by atoms with van der Waals surface area (Å²) in [6.45, 7) is 2.98. The van der Waals surface area contributed by atoms with Crippen LogP contribution in [0.3, 0.4) is 0 Å². The number of benzene rings is 2. The Morgan fingerprint density at radius 3 is 2.24 bits per heavy atom. The van der Waals surface area contributed by atoms with Gasteiger partial charge in [-0.15, -0.1) is 0 Å². The van der Waals surface area contributed by atoms with Crippen LogP contribution in [-0.4, -0.2) is 12.5 Å². The molecule has 1 unspecified atom stereocenters. The molecular formula is C18H22N2O. The second-order valence-corrected chi connectivity index (χ2v) is 5.17. The van der Waals surface area contributed by atoms with Gasteiger partial charge in [-0.2, -0.15) is 0 Å². The zero-order valence-corrected chi connectivity index (χ0v) is 12.4. The quantitative estimate of drug-likeness (QED) is 0.819. The summed E-state index contributed by atoms with van der Waals surface area (Å²) >= 11 is 0. The van der Waals surface area contributed by atoms with Crippen molar-refractivity contribution in [1.82, 2.24) is 5.32 Å². The Morgan fingerprint density at radius 1 is 1.05 bits per heavy atom. The minimum absolute atomic E-state index is 0.00715. The lowest BCUT2D eigenvalue weighted by Crippen LogP contribution is -2.27. The normalized spacial score (nSPS) is 12.0. The van der Waals surface area contributed by atoms with Gasteiger partial charge in [-0.25, -0.2) is 0 Å². The number of primary amides is 1. The summed E-state index contributed by atoms with van der Waals surface area (Å²) < 4.78 is 0. The molecule has 3 heteroatoms. The van der Waals surface area contributed by atoms with Crippen molar-refractivity contribution < 1.29 is 4.79 Å². The van der Waals surface area contributed by atoms with Gasteiger partial charge in [-0.3, -0.25) is 4.79 Å². The fourth-order valence-electron chi connectivity index (χ4n) is 2.37. The number of carbonyl (C=O) groups excluding carboxylic acids is 1. The van der Waals surface area contributed by atoms with Crippen LogP contribution in [0.4, 0.5) is 0 Å². The minimum atomic E-state index is -0.282. The molecule has 0 aliphatic heterocycles. The SMILES string of the molecule is CCCNC(CC(N)=O)c1ccc(-c2ccccc2)cc1. The van der Waals surface area contributed by atoms with Crippen molar-refractivity contribution in [3.05, 3.63) is 60.2 Å². The topological polar surface area (TPSA) is 55.1 Å². The number of nitrogens with two attached hydrogens (primary N) is 1. The van der Waals surface area contributed by atoms with Gasteiger partial charge in [0.1, 0.15) is 0 Å². The van der Waals surface area contributed by atoms with Crippen LogP contribution in [0.1, 0.15) is 31.4 Å². The molecule has 2 aromatic carbocycles. The van der Waals surface area contributed by atoms with Crippen LogP contribution in [0, 0.1) is 0 Å². The molecular weight excluding hydrogens is 260 g/mol. The van der Waals surface area contributed by atoms with Crippen LogP contribution < -0.4 is 11.1 Å². The molecule has 1 amide bonds. The molecule has 1 atom stereocenters. The number of rotatable bonds is 7. The van der Waals surface area contributed by atoms with Crippen molar-refractivity contribution in [3.63, 3.8) is 0 Å². The molecule has 2 aromatic rings. The van der Waals surface area contributed by atoms with Gasteiger partial charge in [0.2, 0.25) is 5.91 Å². The average Bonchev–Trinajstić information content (AvgIpc) is 2.52. The second-order valence-electron chi connectivity index (χ2n) is 5.17. The Bertz CT molecular complexity index is 564. The monoisotopic (exact) mass is 282 g/mol. The molecule has 0 spiro atoms. The van der Waals surface area contributed by atoms with Gasteiger partial charge in [-0.05, 0) is 29.7 Å². The van der Waals surface area contributed by atoms with Gasteiger partial charge in [0.25, 0.3) is 0 Å². The molecule has 0 heterocycles. The zero-order valence-electron chi connectivity index (χ0n) is 12.4. The molecule has 110 valence electrons. The Labute approximate surface area is 126 Å². The van der Waals surface area contributed by atoms with E-state index in [-0.39, 0.29) is 11.9 Å². The molecule has 0 fully saturated rings. The summed E-state index contributed by atoms with van der Waals surface area (Å²) in [6, 6.07) is 18.6. The molecule has 0 saturated carbocycles. The Kier molecular flexibility index (Phi) is 5.52. The minimum Gasteiger partial charge on any atom is -0.370 e. The number of nitrogens with one attached hydrogen (secondary N) is 1. The largest absolute Gasteiger partial charge is 0.370 e. The summed E-state index contributed by atoms with van der Waals surface area (Å²) in [5.74, 6) is -0.282. The summed E-state index contributed by atoms with van der Waals surface area (Å²) in [5, 5.41) is 3.38. The maximum Gasteiger partial charge on any atom is 0.219 e. The third kappa shape index (κ3) is 4.43. The molecule has 0 bridgehead atoms. The van der Waals surface area contributed by atoms with E-state index in [2.05, 4.69) is 48.6 Å². The first kappa shape index (κ1) is 15.3. The lowest BCUT2D eigenvalue weighted by molar-refractivity contribution is -0.118. The molecule has 0 saturated heterocycles. The van der Waals surface area contributed by atoms with Crippen molar-refractivity contribution in [3.8, 4) is 11.1 Å². The van der Waals surface area contributed by atoms with E-state index >= 15 is 0 Å². The summed E-state index contributed by atoms with van der Waals surface area (Å²) in [7, 11) is 0. The summed E-state index contributed by atoms with van der Waals surface area (Å²) in [4.78, 5) is 11.2. The van der Waals surface area contributed by atoms with Crippen LogP contribution >= 0.6 is 0 Å². The van der Waals surface area contributed by atoms with Crippen molar-refractivity contribution >= 4 is 5.91 Å². The van der Waals surface area contributed by atoms with Gasteiger partial charge in [0.15, 0.2) is 0 Å². The van der Waals surface area contributed by atoms with E-state index < -0.39 is 0 Å². The van der Waals surface area contributed by atoms with E-state index in [9.17, 15) is 4.79 Å². The highest BCUT2D eigenvalue weighted by Crippen LogP contribution is 2.23. The van der Waals surface area contributed by atoms with Crippen molar-refractivity contribution in [1.29, 1.82) is 0 Å². The summed E-state index contributed by atoms with van der Waals surface area (Å²) in [6.07, 6.45) is 1.35. The standard InChI is InChI=1S/C18H22N2O/c1-2-12-20-17(13-18(19)21)16-10-8-15(9-11-16)14-6-4-3-5-7-14/h3-11,17,20H,2,12-13H2,1H3,(H2,19,21). The second kappa shape index (κ2) is 7.60. The van der Waals surface area contributed by atoms with E-state index in [0.29, 0.717) is 6.42 Å². The van der Waals surface area contributed by atoms with E-state index in [1.165, 1.54) is 11.1 Å². The third-order valence-electron chi connectivity index (χ3n) is 3.47. The molecule has 3 N–H and O–H groups in total. The molecule has 2 rings (SSSR count). The number of amides is 1. The van der Waals surface area contributed by atoms with Gasteiger partial charge in [0, 0.05) is 12.5 Å². The maximum absolute atomic E-state index is 11.2. The third-order valence-corrected chi connectivity index (χ3v) is 3.47. The lowest BCUT2D eigenvalue weighted by atomic mass is 9.99. The lowest BCUT2D eigenvalue weighted by Gasteiger charge is -2.18. The molecule has 0 radical (unpaired) electrons. The fourth-order valence-corrected chi connectivity index (χ4v) is 2.37. The van der Waals surface area contributed by atoms with Crippen LogP contribution in [0.15, 0.2) is 54.6 Å². The zero-order chi connectivity index (χ0) is 15.1. The average molecular weight is 282 g/mol. The van der Waals surface area contributed by atoms with Crippen LogP contribution in [0.2, 0.25) is 0 Å². The summed E-state index contributed by atoms with van der Waals surface area (Å²) in [5.41, 5.74) is 8.81. The van der Waals surface area contributed by atoms with Crippen molar-refractivity contribution in [2.45, 2.75) is 25.8 Å². The highest BCUT2D eigenvalue weighted by atomic mass is 16.1. The molecule has 0 aliphatic carbocycles. The van der Waals surface area contributed by atoms with Crippen LogP contribution in [-0.2, 0) is 4.79 Å². The maximum atomic E-state index is 11.2. The number of carbonyl (C=O) groups is 1. The van der Waals surface area contributed by atoms with Gasteiger partial charge in [-0.1, -0.05) is 61.5 Å². The fraction of sp³-hybridized carbons (Fsp3) is 0.278. The number of hydrogen-bond donors (Lipinski definition) is 2. The van der Waals surface area contributed by atoms with E-state index in [0.717, 1.165) is 18.5 Å². The van der Waals surface area contributed by atoms with Crippen molar-refractivity contribution in [2.75, 3.05) is 6.54 Å². The molecule has 0 aliphatic rings. The van der Waals surface area contributed by atoms with Crippen molar-refractivity contribution in [2.24, 2.45) is 5.73 Å². The van der Waals surface area contributed by atoms with E-state index in [4.69, 9.17) is 5.73 Å². The highest BCUT2D eigenvalue weighted by molar-refractivity contribution is 5.74. The van der Waals surface area contributed by atoms with E-state index in [1.54, 1.807) is 0 Å². The Balaban J connectivity index is 2.16. The first-order chi connectivity index (χ1) is 10.2. The van der Waals surface area contributed by atoms with Gasteiger partial charge in [0.05, 0.1) is 0 Å². The Morgan fingerprint density at radius 2 is 1.67 bits per heavy atom. The molecule has 21 heavy (non-hydrogen) atoms. The molecule has 3 nitrogen and oxygen atoms in total. The van der Waals surface area contributed by atoms with Gasteiger partial charge >= 0.3 is 0 Å². The predicted molar refractivity (Wildman–Crippen MR) is 86.7 cm³/mol. The van der Waals surface area contributed by atoms with Gasteiger partial charge < -0.3 is 11.1 Å². The highest BCUT2D eigenvalue weighted by Gasteiger charge is 2.13. The Hall–Kier alpha value is -2.13. The first-order valence-corrected chi connectivity index (χ1v) is 7.37. The first-order valence-electron chi connectivity index (χ1n) is 7.37. The molecule has 0 aromatic heterocycles. The predicted octanol–water partition coefficient (Wildman–Crippen LogP) is 3.27. The van der Waals surface area contributed by atoms with Crippen LogP contribution in [0.5, 0.6) is 0 Å². The smallest absolute Gasteiger partial charge is 0.219 e. The number of hydrogen-bond acceptors (Lipinski definition) is 2. The van der Waals surface area contributed by atoms with Crippen LogP contribution in [0.25, 0.3) is 11.1 Å². The van der Waals surface area contributed by atoms with E-state index in [1.807, 2.05) is 18.2 Å².